The monoisotopic (exact) mass is 245 g/mol. The molecule has 90 valence electrons. The molecule has 5 heteroatoms. The first-order valence-corrected chi connectivity index (χ1v) is 4.72. The summed E-state index contributed by atoms with van der Waals surface area (Å²) in [5.41, 5.74) is 6.54. The smallest absolute Gasteiger partial charge is 0.308 e. The SMILES string of the molecule is CC(=O)Oc1ccc([C@H](N)[C@@H](C)O)cc1.Cl. The quantitative estimate of drug-likeness (QED) is 0.624. The van der Waals surface area contributed by atoms with Gasteiger partial charge >= 0.3 is 5.97 Å². The van der Waals surface area contributed by atoms with Crippen LogP contribution in [0.1, 0.15) is 25.5 Å². The maximum atomic E-state index is 10.7. The van der Waals surface area contributed by atoms with Crippen LogP contribution < -0.4 is 10.5 Å². The largest absolute Gasteiger partial charge is 0.427 e. The molecule has 2 atom stereocenters. The van der Waals surface area contributed by atoms with Crippen LogP contribution in [0.4, 0.5) is 0 Å². The third kappa shape index (κ3) is 4.18. The van der Waals surface area contributed by atoms with Crippen LogP contribution in [0.15, 0.2) is 24.3 Å². The fourth-order valence-electron chi connectivity index (χ4n) is 1.20. The van der Waals surface area contributed by atoms with Crippen LogP contribution >= 0.6 is 12.4 Å². The number of carbonyl (C=O) groups excluding carboxylic acids is 1. The number of hydrogen-bond acceptors (Lipinski definition) is 4. The van der Waals surface area contributed by atoms with Crippen LogP contribution in [0, 0.1) is 0 Å². The van der Waals surface area contributed by atoms with Gasteiger partial charge in [0, 0.05) is 6.92 Å². The number of aliphatic hydroxyl groups is 1. The molecule has 1 aromatic rings. The molecule has 1 rings (SSSR count). The second-order valence-electron chi connectivity index (χ2n) is 3.43. The van der Waals surface area contributed by atoms with E-state index in [1.54, 1.807) is 31.2 Å². The van der Waals surface area contributed by atoms with E-state index in [-0.39, 0.29) is 18.4 Å². The van der Waals surface area contributed by atoms with Crippen LogP contribution in [-0.2, 0) is 4.79 Å². The van der Waals surface area contributed by atoms with Crippen molar-refractivity contribution in [2.75, 3.05) is 0 Å². The van der Waals surface area contributed by atoms with Crippen LogP contribution in [0.5, 0.6) is 5.75 Å². The Kier molecular flexibility index (Phi) is 6.03. The van der Waals surface area contributed by atoms with Crippen molar-refractivity contribution in [2.45, 2.75) is 26.0 Å². The molecule has 0 aliphatic rings. The molecular weight excluding hydrogens is 230 g/mol. The first kappa shape index (κ1) is 14.9. The highest BCUT2D eigenvalue weighted by Crippen LogP contribution is 2.18. The highest BCUT2D eigenvalue weighted by atomic mass is 35.5. The maximum Gasteiger partial charge on any atom is 0.308 e. The summed E-state index contributed by atoms with van der Waals surface area (Å²) in [6.07, 6.45) is -0.607. The van der Waals surface area contributed by atoms with Crippen molar-refractivity contribution in [3.8, 4) is 5.75 Å². The molecule has 0 aromatic heterocycles. The van der Waals surface area contributed by atoms with Crippen molar-refractivity contribution in [1.82, 2.24) is 0 Å². The Hall–Kier alpha value is -1.10. The van der Waals surface area contributed by atoms with E-state index in [9.17, 15) is 9.90 Å². The Labute approximate surface area is 101 Å². The minimum atomic E-state index is -0.607. The second kappa shape index (κ2) is 6.48. The van der Waals surface area contributed by atoms with Gasteiger partial charge in [-0.2, -0.15) is 0 Å². The fourth-order valence-corrected chi connectivity index (χ4v) is 1.20. The molecule has 0 heterocycles. The third-order valence-electron chi connectivity index (χ3n) is 2.05. The lowest BCUT2D eigenvalue weighted by atomic mass is 10.0. The predicted octanol–water partition coefficient (Wildman–Crippen LogP) is 1.41. The third-order valence-corrected chi connectivity index (χ3v) is 2.05. The lowest BCUT2D eigenvalue weighted by Gasteiger charge is -2.15. The predicted molar refractivity (Wildman–Crippen MR) is 63.6 cm³/mol. The van der Waals surface area contributed by atoms with Gasteiger partial charge in [0.1, 0.15) is 5.75 Å². The summed E-state index contributed by atoms with van der Waals surface area (Å²) in [5.74, 6) is 0.117. The topological polar surface area (TPSA) is 72.5 Å². The fraction of sp³-hybridized carbons (Fsp3) is 0.364. The molecule has 0 saturated carbocycles. The van der Waals surface area contributed by atoms with Gasteiger partial charge in [-0.1, -0.05) is 12.1 Å². The molecule has 4 nitrogen and oxygen atoms in total. The van der Waals surface area contributed by atoms with Crippen LogP contribution in [0.2, 0.25) is 0 Å². The van der Waals surface area contributed by atoms with Gasteiger partial charge in [-0.25, -0.2) is 0 Å². The Bertz CT molecular complexity index is 338. The number of benzene rings is 1. The average Bonchev–Trinajstić information content (AvgIpc) is 2.17. The zero-order valence-corrected chi connectivity index (χ0v) is 10.0. The first-order valence-electron chi connectivity index (χ1n) is 4.72. The van der Waals surface area contributed by atoms with Crippen molar-refractivity contribution < 1.29 is 14.6 Å². The molecule has 0 bridgehead atoms. The Morgan fingerprint density at radius 2 is 1.88 bits per heavy atom. The maximum absolute atomic E-state index is 10.7. The van der Waals surface area contributed by atoms with Crippen molar-refractivity contribution in [1.29, 1.82) is 0 Å². The summed E-state index contributed by atoms with van der Waals surface area (Å²) in [7, 11) is 0. The van der Waals surface area contributed by atoms with E-state index < -0.39 is 12.1 Å². The number of esters is 1. The molecule has 0 fully saturated rings. The first-order chi connectivity index (χ1) is 7.00. The molecule has 0 spiro atoms. The zero-order valence-electron chi connectivity index (χ0n) is 9.21. The number of halogens is 1. The minimum Gasteiger partial charge on any atom is -0.427 e. The summed E-state index contributed by atoms with van der Waals surface area (Å²) >= 11 is 0. The average molecular weight is 246 g/mol. The summed E-state index contributed by atoms with van der Waals surface area (Å²) in [6, 6.07) is 6.35. The standard InChI is InChI=1S/C11H15NO3.ClH/c1-7(13)11(12)9-3-5-10(6-4-9)15-8(2)14;/h3-7,11,13H,12H2,1-2H3;1H/t7-,11-;/m1./s1. The number of ether oxygens (including phenoxy) is 1. The molecule has 0 amide bonds. The van der Waals surface area contributed by atoms with Crippen LogP contribution in [0.25, 0.3) is 0 Å². The van der Waals surface area contributed by atoms with E-state index >= 15 is 0 Å². The van der Waals surface area contributed by atoms with Gasteiger partial charge in [-0.15, -0.1) is 12.4 Å². The van der Waals surface area contributed by atoms with E-state index in [0.717, 1.165) is 5.56 Å². The molecule has 0 aliphatic heterocycles. The number of rotatable bonds is 3. The number of aliphatic hydroxyl groups excluding tert-OH is 1. The Balaban J connectivity index is 0.00000225. The van der Waals surface area contributed by atoms with Crippen LogP contribution in [0.3, 0.4) is 0 Å². The molecular formula is C11H16ClNO3. The van der Waals surface area contributed by atoms with E-state index in [1.807, 2.05) is 0 Å². The molecule has 0 aliphatic carbocycles. The summed E-state index contributed by atoms with van der Waals surface area (Å²) in [5, 5.41) is 9.28. The van der Waals surface area contributed by atoms with Gasteiger partial charge in [-0.3, -0.25) is 4.79 Å². The summed E-state index contributed by atoms with van der Waals surface area (Å²) in [4.78, 5) is 10.7. The Morgan fingerprint density at radius 3 is 2.25 bits per heavy atom. The van der Waals surface area contributed by atoms with Crippen molar-refractivity contribution in [2.24, 2.45) is 5.73 Å². The molecule has 0 unspecified atom stereocenters. The molecule has 16 heavy (non-hydrogen) atoms. The van der Waals surface area contributed by atoms with Gasteiger partial charge < -0.3 is 15.6 Å². The zero-order chi connectivity index (χ0) is 11.4. The van der Waals surface area contributed by atoms with Gasteiger partial charge in [0.25, 0.3) is 0 Å². The lowest BCUT2D eigenvalue weighted by Crippen LogP contribution is -2.22. The van der Waals surface area contributed by atoms with Crippen LogP contribution in [-0.4, -0.2) is 17.2 Å². The van der Waals surface area contributed by atoms with Gasteiger partial charge in [0.15, 0.2) is 0 Å². The summed E-state index contributed by atoms with van der Waals surface area (Å²) in [6.45, 7) is 2.97. The second-order valence-corrected chi connectivity index (χ2v) is 3.43. The van der Waals surface area contributed by atoms with E-state index in [4.69, 9.17) is 10.5 Å². The number of nitrogens with two attached hydrogens (primary N) is 1. The molecule has 0 radical (unpaired) electrons. The highest BCUT2D eigenvalue weighted by Gasteiger charge is 2.11. The molecule has 0 saturated heterocycles. The normalized spacial score (nSPS) is 13.5. The van der Waals surface area contributed by atoms with E-state index in [0.29, 0.717) is 5.75 Å². The van der Waals surface area contributed by atoms with E-state index in [1.165, 1.54) is 6.92 Å². The Morgan fingerprint density at radius 1 is 1.38 bits per heavy atom. The minimum absolute atomic E-state index is 0. The lowest BCUT2D eigenvalue weighted by molar-refractivity contribution is -0.131. The van der Waals surface area contributed by atoms with E-state index in [2.05, 4.69) is 0 Å². The van der Waals surface area contributed by atoms with Crippen molar-refractivity contribution in [3.05, 3.63) is 29.8 Å². The van der Waals surface area contributed by atoms with Crippen molar-refractivity contribution >= 4 is 18.4 Å². The summed E-state index contributed by atoms with van der Waals surface area (Å²) < 4.78 is 4.87. The molecule has 1 aromatic carbocycles. The van der Waals surface area contributed by atoms with Gasteiger partial charge in [0.2, 0.25) is 0 Å². The molecule has 3 N–H and O–H groups in total. The highest BCUT2D eigenvalue weighted by molar-refractivity contribution is 5.85. The number of carbonyl (C=O) groups is 1. The van der Waals surface area contributed by atoms with Gasteiger partial charge in [0.05, 0.1) is 12.1 Å². The van der Waals surface area contributed by atoms with Crippen molar-refractivity contribution in [3.63, 3.8) is 0 Å². The van der Waals surface area contributed by atoms with Gasteiger partial charge in [-0.05, 0) is 24.6 Å². The number of hydrogen-bond donors (Lipinski definition) is 2.